The monoisotopic (exact) mass is 177 g/mol. The molecule has 0 spiro atoms. The van der Waals surface area contributed by atoms with Gasteiger partial charge in [-0.05, 0) is 0 Å². The summed E-state index contributed by atoms with van der Waals surface area (Å²) in [7, 11) is 0. The van der Waals surface area contributed by atoms with Gasteiger partial charge in [0.1, 0.15) is 24.4 Å². The van der Waals surface area contributed by atoms with Crippen molar-refractivity contribution in [1.29, 1.82) is 0 Å². The van der Waals surface area contributed by atoms with Crippen LogP contribution in [0.25, 0.3) is 0 Å². The average molecular weight is 177 g/mol. The molecule has 1 aliphatic heterocycles. The van der Waals surface area contributed by atoms with Gasteiger partial charge in [-0.2, -0.15) is 0 Å². The Kier molecular flexibility index (Phi) is 2.63. The van der Waals surface area contributed by atoms with Gasteiger partial charge in [0.2, 0.25) is 0 Å². The van der Waals surface area contributed by atoms with Crippen molar-refractivity contribution in [2.45, 2.75) is 24.4 Å². The van der Waals surface area contributed by atoms with E-state index in [4.69, 9.17) is 15.3 Å². The zero-order valence-corrected chi connectivity index (χ0v) is 6.08. The van der Waals surface area contributed by atoms with Crippen molar-refractivity contribution in [2.75, 3.05) is 6.61 Å². The Morgan fingerprint density at radius 1 is 1.33 bits per heavy atom. The van der Waals surface area contributed by atoms with Crippen molar-refractivity contribution in [3.8, 4) is 0 Å². The van der Waals surface area contributed by atoms with Crippen LogP contribution >= 0.6 is 0 Å². The molecule has 1 heterocycles. The largest absolute Gasteiger partial charge is 0.547 e. The molecule has 6 heteroatoms. The Hall–Kier alpha value is -0.690. The molecular formula is C6H9O6-. The van der Waals surface area contributed by atoms with Crippen molar-refractivity contribution in [3.05, 3.63) is 0 Å². The first-order valence-electron chi connectivity index (χ1n) is 3.40. The molecule has 12 heavy (non-hydrogen) atoms. The highest BCUT2D eigenvalue weighted by atomic mass is 16.5. The highest BCUT2D eigenvalue weighted by Crippen LogP contribution is 2.14. The average Bonchev–Trinajstić information content (AvgIpc) is 2.00. The maximum Gasteiger partial charge on any atom is 0.125 e. The number of carbonyl (C=O) groups excluding carboxylic acids is 1. The first kappa shape index (κ1) is 9.40. The standard InChI is InChI=1S/C6H10O6/c7-2-1-12-5(6(10)11)4(9)3(2)8/h2-5,7-9H,1H2,(H,10,11)/p-1/t2?,3-,4-,5?/m0/s1. The van der Waals surface area contributed by atoms with Crippen molar-refractivity contribution in [3.63, 3.8) is 0 Å². The number of aliphatic carboxylic acids is 1. The first-order valence-corrected chi connectivity index (χ1v) is 3.40. The lowest BCUT2D eigenvalue weighted by Gasteiger charge is -2.35. The quantitative estimate of drug-likeness (QED) is 0.379. The minimum Gasteiger partial charge on any atom is -0.547 e. The summed E-state index contributed by atoms with van der Waals surface area (Å²) in [5.41, 5.74) is 0. The summed E-state index contributed by atoms with van der Waals surface area (Å²) in [6.07, 6.45) is -5.96. The summed E-state index contributed by atoms with van der Waals surface area (Å²) >= 11 is 0. The smallest absolute Gasteiger partial charge is 0.125 e. The Bertz CT molecular complexity index is 181. The minimum absolute atomic E-state index is 0.323. The zero-order chi connectivity index (χ0) is 9.30. The molecule has 1 aliphatic rings. The van der Waals surface area contributed by atoms with E-state index in [2.05, 4.69) is 4.74 Å². The molecule has 1 saturated heterocycles. The fourth-order valence-electron chi connectivity index (χ4n) is 1.01. The van der Waals surface area contributed by atoms with Gasteiger partial charge in [-0.1, -0.05) is 0 Å². The number of carboxylic acid groups (broad SMARTS) is 1. The molecule has 0 bridgehead atoms. The van der Waals surface area contributed by atoms with Crippen LogP contribution in [0.3, 0.4) is 0 Å². The van der Waals surface area contributed by atoms with Crippen LogP contribution in [0.15, 0.2) is 0 Å². The van der Waals surface area contributed by atoms with Crippen LogP contribution in [0, 0.1) is 0 Å². The second-order valence-electron chi connectivity index (χ2n) is 2.62. The molecule has 4 atom stereocenters. The lowest BCUT2D eigenvalue weighted by Crippen LogP contribution is -2.58. The predicted molar refractivity (Wildman–Crippen MR) is 32.8 cm³/mol. The Labute approximate surface area is 68.0 Å². The van der Waals surface area contributed by atoms with Gasteiger partial charge in [0, 0.05) is 0 Å². The molecule has 0 aromatic rings. The molecule has 0 aromatic carbocycles. The van der Waals surface area contributed by atoms with Crippen molar-refractivity contribution < 1.29 is 30.0 Å². The minimum atomic E-state index is -1.64. The number of rotatable bonds is 1. The van der Waals surface area contributed by atoms with Gasteiger partial charge in [0.15, 0.2) is 0 Å². The van der Waals surface area contributed by atoms with Crippen LogP contribution in [-0.2, 0) is 9.53 Å². The normalized spacial score (nSPS) is 42.6. The van der Waals surface area contributed by atoms with Gasteiger partial charge in [-0.3, -0.25) is 0 Å². The third kappa shape index (κ3) is 1.56. The number of hydrogen-bond acceptors (Lipinski definition) is 6. The summed E-state index contributed by atoms with van der Waals surface area (Å²) in [4.78, 5) is 10.2. The molecule has 0 aliphatic carbocycles. The number of aliphatic hydroxyl groups is 3. The fourth-order valence-corrected chi connectivity index (χ4v) is 1.01. The van der Waals surface area contributed by atoms with Gasteiger partial charge in [-0.15, -0.1) is 0 Å². The van der Waals surface area contributed by atoms with Crippen molar-refractivity contribution in [2.24, 2.45) is 0 Å². The number of carboxylic acids is 1. The molecule has 3 N–H and O–H groups in total. The predicted octanol–water partition coefficient (Wildman–Crippen LogP) is -3.78. The zero-order valence-electron chi connectivity index (χ0n) is 6.08. The van der Waals surface area contributed by atoms with Crippen LogP contribution in [-0.4, -0.2) is 52.3 Å². The third-order valence-electron chi connectivity index (χ3n) is 1.73. The lowest BCUT2D eigenvalue weighted by molar-refractivity contribution is -0.327. The van der Waals surface area contributed by atoms with E-state index in [9.17, 15) is 9.90 Å². The highest BCUT2D eigenvalue weighted by molar-refractivity contribution is 5.71. The molecule has 0 radical (unpaired) electrons. The van der Waals surface area contributed by atoms with E-state index < -0.39 is 30.4 Å². The van der Waals surface area contributed by atoms with Crippen LogP contribution in [0.4, 0.5) is 0 Å². The van der Waals surface area contributed by atoms with E-state index in [1.165, 1.54) is 0 Å². The topological polar surface area (TPSA) is 110 Å². The van der Waals surface area contributed by atoms with Gasteiger partial charge in [0.25, 0.3) is 0 Å². The Morgan fingerprint density at radius 3 is 2.42 bits per heavy atom. The molecule has 70 valence electrons. The molecule has 2 unspecified atom stereocenters. The molecule has 0 saturated carbocycles. The summed E-state index contributed by atoms with van der Waals surface area (Å²) < 4.78 is 4.51. The van der Waals surface area contributed by atoms with E-state index in [0.29, 0.717) is 0 Å². The molecular weight excluding hydrogens is 168 g/mol. The summed E-state index contributed by atoms with van der Waals surface area (Å²) in [5, 5.41) is 37.1. The maximum absolute atomic E-state index is 10.2. The Morgan fingerprint density at radius 2 is 1.92 bits per heavy atom. The summed E-state index contributed by atoms with van der Waals surface area (Å²) in [6.45, 7) is -0.323. The van der Waals surface area contributed by atoms with Crippen molar-refractivity contribution >= 4 is 5.97 Å². The third-order valence-corrected chi connectivity index (χ3v) is 1.73. The van der Waals surface area contributed by atoms with Crippen LogP contribution in [0.5, 0.6) is 0 Å². The fraction of sp³-hybridized carbons (Fsp3) is 0.833. The van der Waals surface area contributed by atoms with Gasteiger partial charge >= 0.3 is 0 Å². The number of carbonyl (C=O) groups is 1. The van der Waals surface area contributed by atoms with E-state index in [0.717, 1.165) is 0 Å². The van der Waals surface area contributed by atoms with E-state index in [-0.39, 0.29) is 6.61 Å². The second kappa shape index (κ2) is 3.36. The number of aliphatic hydroxyl groups excluding tert-OH is 3. The van der Waals surface area contributed by atoms with Gasteiger partial charge in [-0.25, -0.2) is 0 Å². The summed E-state index contributed by atoms with van der Waals surface area (Å²) in [6, 6.07) is 0. The second-order valence-corrected chi connectivity index (χ2v) is 2.62. The Balaban J connectivity index is 2.65. The van der Waals surface area contributed by atoms with E-state index >= 15 is 0 Å². The molecule has 1 rings (SSSR count). The van der Waals surface area contributed by atoms with Crippen LogP contribution in [0.2, 0.25) is 0 Å². The first-order chi connectivity index (χ1) is 5.54. The highest BCUT2D eigenvalue weighted by Gasteiger charge is 2.37. The molecule has 0 aromatic heterocycles. The number of ether oxygens (including phenoxy) is 1. The molecule has 1 fully saturated rings. The lowest BCUT2D eigenvalue weighted by atomic mass is 10.0. The van der Waals surface area contributed by atoms with Crippen molar-refractivity contribution in [1.82, 2.24) is 0 Å². The van der Waals surface area contributed by atoms with E-state index in [1.54, 1.807) is 0 Å². The SMILES string of the molecule is O=C([O-])C1OCC(O)[C@H](O)[C@@H]1O. The van der Waals surface area contributed by atoms with Gasteiger partial charge in [0.05, 0.1) is 12.6 Å². The van der Waals surface area contributed by atoms with Crippen LogP contribution < -0.4 is 5.11 Å². The molecule has 0 amide bonds. The van der Waals surface area contributed by atoms with E-state index in [1.807, 2.05) is 0 Å². The maximum atomic E-state index is 10.2. The summed E-state index contributed by atoms with van der Waals surface area (Å²) in [5.74, 6) is -1.60. The van der Waals surface area contributed by atoms with Gasteiger partial charge < -0.3 is 30.0 Å². The van der Waals surface area contributed by atoms with Crippen LogP contribution in [0.1, 0.15) is 0 Å². The number of hydrogen-bond donors (Lipinski definition) is 3. The molecule has 6 nitrogen and oxygen atoms in total.